The second kappa shape index (κ2) is 2.57. The van der Waals surface area contributed by atoms with Crippen LogP contribution in [-0.2, 0) is 0 Å². The fourth-order valence-corrected chi connectivity index (χ4v) is 2.38. The molecule has 0 amide bonds. The summed E-state index contributed by atoms with van der Waals surface area (Å²) in [7, 11) is 0. The molecule has 0 aliphatic carbocycles. The quantitative estimate of drug-likeness (QED) is 0.568. The van der Waals surface area contributed by atoms with E-state index in [2.05, 4.69) is 12.6 Å². The maximum absolute atomic E-state index is 9.33. The predicted octanol–water partition coefficient (Wildman–Crippen LogP) is 2.48. The van der Waals surface area contributed by atoms with Crippen LogP contribution in [0.5, 0.6) is 5.75 Å². The van der Waals surface area contributed by atoms with E-state index < -0.39 is 0 Å². The van der Waals surface area contributed by atoms with E-state index in [9.17, 15) is 5.11 Å². The van der Waals surface area contributed by atoms with Gasteiger partial charge in [0.1, 0.15) is 5.75 Å². The molecule has 62 valence electrons. The summed E-state index contributed by atoms with van der Waals surface area (Å²) < 4.78 is 1.05. The summed E-state index contributed by atoms with van der Waals surface area (Å²) in [5.41, 5.74) is 6.37. The minimum atomic E-state index is 0.177. The largest absolute Gasteiger partial charge is 0.507 e. The summed E-state index contributed by atoms with van der Waals surface area (Å²) in [5.74, 6) is 0.177. The molecular formula is C8H7NOS2. The van der Waals surface area contributed by atoms with Gasteiger partial charge >= 0.3 is 0 Å². The molecule has 1 aromatic heterocycles. The maximum atomic E-state index is 9.33. The van der Waals surface area contributed by atoms with Crippen LogP contribution in [0.15, 0.2) is 22.4 Å². The highest BCUT2D eigenvalue weighted by Crippen LogP contribution is 2.37. The molecule has 0 aliphatic rings. The Bertz CT molecular complexity index is 436. The van der Waals surface area contributed by atoms with E-state index in [1.165, 1.54) is 0 Å². The van der Waals surface area contributed by atoms with Gasteiger partial charge in [0.15, 0.2) is 0 Å². The number of rotatable bonds is 0. The van der Waals surface area contributed by atoms with Gasteiger partial charge in [-0.05, 0) is 12.1 Å². The third-order valence-electron chi connectivity index (χ3n) is 1.72. The highest BCUT2D eigenvalue weighted by atomic mass is 32.1. The van der Waals surface area contributed by atoms with Crippen molar-refractivity contribution in [1.82, 2.24) is 0 Å². The van der Waals surface area contributed by atoms with Crippen LogP contribution in [-0.4, -0.2) is 5.11 Å². The van der Waals surface area contributed by atoms with E-state index >= 15 is 0 Å². The van der Waals surface area contributed by atoms with Crippen LogP contribution >= 0.6 is 24.0 Å². The Balaban J connectivity index is 2.96. The van der Waals surface area contributed by atoms with Crippen LogP contribution in [0.25, 0.3) is 10.1 Å². The van der Waals surface area contributed by atoms with Crippen LogP contribution in [0.4, 0.5) is 5.69 Å². The van der Waals surface area contributed by atoms with Crippen molar-refractivity contribution in [2.75, 3.05) is 5.73 Å². The fourth-order valence-electron chi connectivity index (χ4n) is 1.12. The summed E-state index contributed by atoms with van der Waals surface area (Å²) in [6.07, 6.45) is 0. The van der Waals surface area contributed by atoms with Crippen molar-refractivity contribution >= 4 is 39.7 Å². The maximum Gasteiger partial charge on any atom is 0.129 e. The molecule has 1 heterocycles. The second-order valence-electron chi connectivity index (χ2n) is 2.50. The lowest BCUT2D eigenvalue weighted by molar-refractivity contribution is 0.464. The molecule has 2 aromatic rings. The van der Waals surface area contributed by atoms with E-state index in [0.29, 0.717) is 10.6 Å². The van der Waals surface area contributed by atoms with E-state index in [1.54, 1.807) is 17.4 Å². The van der Waals surface area contributed by atoms with Crippen molar-refractivity contribution < 1.29 is 5.11 Å². The topological polar surface area (TPSA) is 46.2 Å². The van der Waals surface area contributed by atoms with E-state index in [1.807, 2.05) is 11.4 Å². The van der Waals surface area contributed by atoms with Crippen LogP contribution in [0, 0.1) is 0 Å². The monoisotopic (exact) mass is 197 g/mol. The first-order valence-corrected chi connectivity index (χ1v) is 4.70. The van der Waals surface area contributed by atoms with Gasteiger partial charge in [0.25, 0.3) is 0 Å². The molecule has 0 bridgehead atoms. The van der Waals surface area contributed by atoms with Gasteiger partial charge in [-0.2, -0.15) is 0 Å². The van der Waals surface area contributed by atoms with Gasteiger partial charge < -0.3 is 10.8 Å². The molecule has 0 fully saturated rings. The lowest BCUT2D eigenvalue weighted by Gasteiger charge is -1.99. The Hall–Kier alpha value is -0.870. The normalized spacial score (nSPS) is 10.8. The predicted molar refractivity (Wildman–Crippen MR) is 55.2 cm³/mol. The minimum Gasteiger partial charge on any atom is -0.507 e. The molecule has 0 spiro atoms. The Kier molecular flexibility index (Phi) is 1.66. The van der Waals surface area contributed by atoms with Crippen molar-refractivity contribution in [2.24, 2.45) is 0 Å². The van der Waals surface area contributed by atoms with Gasteiger partial charge in [-0.15, -0.1) is 24.0 Å². The fraction of sp³-hybridized carbons (Fsp3) is 0. The molecule has 2 rings (SSSR count). The van der Waals surface area contributed by atoms with Crippen LogP contribution in [0.1, 0.15) is 0 Å². The zero-order chi connectivity index (χ0) is 8.72. The zero-order valence-electron chi connectivity index (χ0n) is 6.11. The number of benzene rings is 1. The summed E-state index contributed by atoms with van der Waals surface area (Å²) >= 11 is 5.73. The average Bonchev–Trinajstić information content (AvgIpc) is 2.41. The number of thiophene rings is 1. The molecule has 0 unspecified atom stereocenters. The van der Waals surface area contributed by atoms with Crippen LogP contribution < -0.4 is 5.73 Å². The number of phenolic OH excluding ortho intramolecular Hbond substituents is 1. The van der Waals surface area contributed by atoms with Gasteiger partial charge in [-0.1, -0.05) is 0 Å². The number of phenols is 1. The molecule has 12 heavy (non-hydrogen) atoms. The Morgan fingerprint density at radius 1 is 1.42 bits per heavy atom. The van der Waals surface area contributed by atoms with Gasteiger partial charge in [0.05, 0.1) is 10.6 Å². The molecule has 3 N–H and O–H groups in total. The van der Waals surface area contributed by atoms with Gasteiger partial charge in [0.2, 0.25) is 0 Å². The first kappa shape index (κ1) is 7.76. The highest BCUT2D eigenvalue weighted by molar-refractivity contribution is 7.80. The number of anilines is 1. The molecule has 0 aliphatic heterocycles. The highest BCUT2D eigenvalue weighted by Gasteiger charge is 2.07. The number of aromatic hydroxyl groups is 1. The van der Waals surface area contributed by atoms with Gasteiger partial charge in [0, 0.05) is 15.5 Å². The smallest absolute Gasteiger partial charge is 0.129 e. The third-order valence-corrected chi connectivity index (χ3v) is 3.14. The number of nitrogen functional groups attached to an aromatic ring is 1. The summed E-state index contributed by atoms with van der Waals surface area (Å²) in [5, 5.41) is 12.0. The van der Waals surface area contributed by atoms with Gasteiger partial charge in [-0.25, -0.2) is 0 Å². The molecule has 1 aromatic carbocycles. The second-order valence-corrected chi connectivity index (χ2v) is 3.86. The molecule has 2 nitrogen and oxygen atoms in total. The van der Waals surface area contributed by atoms with Crippen LogP contribution in [0.2, 0.25) is 0 Å². The van der Waals surface area contributed by atoms with Crippen molar-refractivity contribution in [3.63, 3.8) is 0 Å². The Morgan fingerprint density at radius 2 is 2.17 bits per heavy atom. The lowest BCUT2D eigenvalue weighted by atomic mass is 10.2. The first-order chi connectivity index (χ1) is 5.70. The molecule has 0 radical (unpaired) electrons. The van der Waals surface area contributed by atoms with E-state index in [4.69, 9.17) is 5.73 Å². The average molecular weight is 197 g/mol. The van der Waals surface area contributed by atoms with Gasteiger partial charge in [-0.3, -0.25) is 0 Å². The van der Waals surface area contributed by atoms with Crippen molar-refractivity contribution in [3.05, 3.63) is 17.5 Å². The number of nitrogens with two attached hydrogens (primary N) is 1. The first-order valence-electron chi connectivity index (χ1n) is 3.38. The minimum absolute atomic E-state index is 0.177. The summed E-state index contributed by atoms with van der Waals surface area (Å²) in [4.78, 5) is 0.561. The van der Waals surface area contributed by atoms with Crippen molar-refractivity contribution in [3.8, 4) is 5.75 Å². The molecule has 0 atom stereocenters. The lowest BCUT2D eigenvalue weighted by Crippen LogP contribution is -1.81. The van der Waals surface area contributed by atoms with E-state index in [-0.39, 0.29) is 5.75 Å². The Morgan fingerprint density at radius 3 is 2.92 bits per heavy atom. The zero-order valence-corrected chi connectivity index (χ0v) is 7.82. The van der Waals surface area contributed by atoms with Crippen molar-refractivity contribution in [2.45, 2.75) is 4.90 Å². The molecule has 4 heteroatoms. The number of hydrogen-bond acceptors (Lipinski definition) is 4. The Labute approximate surface area is 79.0 Å². The van der Waals surface area contributed by atoms with Crippen LogP contribution in [0.3, 0.4) is 0 Å². The van der Waals surface area contributed by atoms with E-state index in [0.717, 1.165) is 10.1 Å². The standard InChI is InChI=1S/C8H7NOS2/c9-4-3-12-6-2-1-5(10)8(11)7(4)6/h1-3,10-11H,9H2. The number of hydrogen-bond donors (Lipinski definition) is 3. The number of fused-ring (bicyclic) bond motifs is 1. The summed E-state index contributed by atoms with van der Waals surface area (Å²) in [6.45, 7) is 0. The molecule has 0 saturated carbocycles. The molecular weight excluding hydrogens is 190 g/mol. The van der Waals surface area contributed by atoms with Crippen molar-refractivity contribution in [1.29, 1.82) is 0 Å². The SMILES string of the molecule is Nc1csc2ccc(O)c(S)c12. The third kappa shape index (κ3) is 0.956. The molecule has 0 saturated heterocycles. The summed E-state index contributed by atoms with van der Waals surface area (Å²) in [6, 6.07) is 3.46. The number of thiol groups is 1.